The number of fused-ring (bicyclic) bond motifs is 2. The van der Waals surface area contributed by atoms with E-state index in [0.29, 0.717) is 26.1 Å². The molecule has 2 atom stereocenters. The summed E-state index contributed by atoms with van der Waals surface area (Å²) < 4.78 is 38.7. The zero-order chi connectivity index (χ0) is 13.7. The van der Waals surface area contributed by atoms with Crippen LogP contribution in [0.3, 0.4) is 0 Å². The van der Waals surface area contributed by atoms with E-state index in [9.17, 15) is 18.3 Å². The first kappa shape index (κ1) is 12.9. The molecule has 0 unspecified atom stereocenters. The van der Waals surface area contributed by atoms with Gasteiger partial charge in [0.15, 0.2) is 5.60 Å². The van der Waals surface area contributed by atoms with E-state index < -0.39 is 23.6 Å². The third-order valence-electron chi connectivity index (χ3n) is 4.47. The van der Waals surface area contributed by atoms with E-state index in [1.54, 1.807) is 0 Å². The fourth-order valence-electron chi connectivity index (χ4n) is 3.43. The van der Waals surface area contributed by atoms with E-state index in [0.717, 1.165) is 5.56 Å². The Hall–Kier alpha value is -1.07. The smallest absolute Gasteiger partial charge is 0.380 e. The molecule has 2 nitrogen and oxygen atoms in total. The van der Waals surface area contributed by atoms with Crippen molar-refractivity contribution in [3.05, 3.63) is 35.9 Å². The van der Waals surface area contributed by atoms with Crippen LogP contribution >= 0.6 is 0 Å². The average Bonchev–Trinajstić information content (AvgIpc) is 2.38. The van der Waals surface area contributed by atoms with Crippen molar-refractivity contribution in [1.29, 1.82) is 0 Å². The van der Waals surface area contributed by atoms with Gasteiger partial charge in [0.25, 0.3) is 0 Å². The molecule has 2 aliphatic heterocycles. The number of alkyl halides is 3. The minimum atomic E-state index is -4.50. The fourth-order valence-corrected chi connectivity index (χ4v) is 3.43. The second-order valence-corrected chi connectivity index (χ2v) is 5.63. The van der Waals surface area contributed by atoms with Crippen molar-refractivity contribution in [1.82, 2.24) is 4.90 Å². The van der Waals surface area contributed by atoms with Gasteiger partial charge in [0.1, 0.15) is 0 Å². The summed E-state index contributed by atoms with van der Waals surface area (Å²) in [6.45, 7) is 1.30. The van der Waals surface area contributed by atoms with Crippen molar-refractivity contribution < 1.29 is 18.3 Å². The van der Waals surface area contributed by atoms with E-state index in [1.165, 1.54) is 0 Å². The number of hydrogen-bond acceptors (Lipinski definition) is 2. The molecule has 3 fully saturated rings. The van der Waals surface area contributed by atoms with Crippen LogP contribution in [-0.2, 0) is 6.54 Å². The lowest BCUT2D eigenvalue weighted by Crippen LogP contribution is -2.72. The van der Waals surface area contributed by atoms with Crippen molar-refractivity contribution in [2.75, 3.05) is 13.1 Å². The third kappa shape index (κ3) is 1.96. The molecule has 19 heavy (non-hydrogen) atoms. The number of piperidine rings is 2. The standard InChI is InChI=1S/C14H16F3NO/c15-14(16,17)13(19)11-6-12(13)9-18(8-11)7-10-4-2-1-3-5-10/h1-5,11-12,19H,6-9H2/t11-,12-/m1/s1. The minimum absolute atomic E-state index is 0.321. The van der Waals surface area contributed by atoms with Crippen LogP contribution in [0.5, 0.6) is 0 Å². The molecule has 2 heterocycles. The first-order valence-electron chi connectivity index (χ1n) is 6.46. The maximum absolute atomic E-state index is 12.9. The summed E-state index contributed by atoms with van der Waals surface area (Å²) in [6.07, 6.45) is -4.01. The average molecular weight is 271 g/mol. The van der Waals surface area contributed by atoms with E-state index >= 15 is 0 Å². The van der Waals surface area contributed by atoms with Crippen molar-refractivity contribution in [3.8, 4) is 0 Å². The zero-order valence-corrected chi connectivity index (χ0v) is 10.4. The maximum atomic E-state index is 12.9. The van der Waals surface area contributed by atoms with Gasteiger partial charge in [-0.3, -0.25) is 4.90 Å². The highest BCUT2D eigenvalue weighted by Gasteiger charge is 2.71. The molecule has 5 heteroatoms. The highest BCUT2D eigenvalue weighted by atomic mass is 19.4. The molecule has 104 valence electrons. The molecular weight excluding hydrogens is 255 g/mol. The second-order valence-electron chi connectivity index (χ2n) is 5.63. The Morgan fingerprint density at radius 1 is 1.16 bits per heavy atom. The Morgan fingerprint density at radius 3 is 2.26 bits per heavy atom. The molecule has 0 radical (unpaired) electrons. The number of benzene rings is 1. The maximum Gasteiger partial charge on any atom is 0.417 e. The second kappa shape index (κ2) is 4.21. The van der Waals surface area contributed by atoms with Crippen LogP contribution in [0, 0.1) is 11.8 Å². The summed E-state index contributed by atoms with van der Waals surface area (Å²) in [5.41, 5.74) is -1.35. The molecule has 1 aromatic rings. The fraction of sp³-hybridized carbons (Fsp3) is 0.571. The van der Waals surface area contributed by atoms with Gasteiger partial charge in [-0.2, -0.15) is 13.2 Å². The van der Waals surface area contributed by atoms with Crippen molar-refractivity contribution in [2.45, 2.75) is 24.7 Å². The highest BCUT2D eigenvalue weighted by Crippen LogP contribution is 2.56. The molecule has 1 aromatic carbocycles. The Morgan fingerprint density at radius 2 is 1.74 bits per heavy atom. The molecule has 0 aromatic heterocycles. The topological polar surface area (TPSA) is 23.5 Å². The van der Waals surface area contributed by atoms with Crippen LogP contribution in [0.15, 0.2) is 30.3 Å². The van der Waals surface area contributed by atoms with Gasteiger partial charge >= 0.3 is 6.18 Å². The molecule has 0 amide bonds. The van der Waals surface area contributed by atoms with Crippen LogP contribution in [0.1, 0.15) is 12.0 Å². The van der Waals surface area contributed by atoms with E-state index in [4.69, 9.17) is 0 Å². The first-order chi connectivity index (χ1) is 8.91. The van der Waals surface area contributed by atoms with Crippen LogP contribution in [0.25, 0.3) is 0 Å². The summed E-state index contributed by atoms with van der Waals surface area (Å²) in [4.78, 5) is 2.01. The summed E-state index contributed by atoms with van der Waals surface area (Å²) in [6, 6.07) is 9.70. The molecule has 2 saturated heterocycles. The molecular formula is C14H16F3NO. The number of rotatable bonds is 2. The number of hydrogen-bond donors (Lipinski definition) is 1. The number of nitrogens with zero attached hydrogens (tertiary/aromatic N) is 1. The van der Waals surface area contributed by atoms with E-state index in [2.05, 4.69) is 0 Å². The predicted octanol–water partition coefficient (Wildman–Crippen LogP) is 2.43. The zero-order valence-electron chi connectivity index (χ0n) is 10.4. The number of halogens is 3. The summed E-state index contributed by atoms with van der Waals surface area (Å²) in [5.74, 6) is -1.34. The van der Waals surface area contributed by atoms with Gasteiger partial charge in [-0.15, -0.1) is 0 Å². The SMILES string of the molecule is OC1(C(F)(F)F)[C@@H]2C[C@@H]1CN(Cc1ccccc1)C2. The molecule has 1 saturated carbocycles. The van der Waals surface area contributed by atoms with Crippen molar-refractivity contribution in [3.63, 3.8) is 0 Å². The van der Waals surface area contributed by atoms with Crippen LogP contribution in [0.4, 0.5) is 13.2 Å². The predicted molar refractivity (Wildman–Crippen MR) is 64.3 cm³/mol. The molecule has 3 aliphatic rings. The summed E-state index contributed by atoms with van der Waals surface area (Å²) >= 11 is 0. The minimum Gasteiger partial charge on any atom is -0.380 e. The third-order valence-corrected chi connectivity index (χ3v) is 4.47. The summed E-state index contributed by atoms with van der Waals surface area (Å²) in [5, 5.41) is 9.86. The molecule has 0 spiro atoms. The monoisotopic (exact) mass is 271 g/mol. The van der Waals surface area contributed by atoms with Gasteiger partial charge in [0.05, 0.1) is 0 Å². The van der Waals surface area contributed by atoms with E-state index in [-0.39, 0.29) is 0 Å². The van der Waals surface area contributed by atoms with Crippen LogP contribution < -0.4 is 0 Å². The van der Waals surface area contributed by atoms with Crippen LogP contribution in [-0.4, -0.2) is 34.9 Å². The molecule has 1 aliphatic carbocycles. The number of aliphatic hydroxyl groups is 1. The normalized spacial score (nSPS) is 34.9. The molecule has 4 rings (SSSR count). The Bertz CT molecular complexity index is 448. The molecule has 1 N–H and O–H groups in total. The quantitative estimate of drug-likeness (QED) is 0.893. The lowest BCUT2D eigenvalue weighted by molar-refractivity contribution is -0.351. The molecule has 2 bridgehead atoms. The van der Waals surface area contributed by atoms with Gasteiger partial charge in [0.2, 0.25) is 0 Å². The van der Waals surface area contributed by atoms with Gasteiger partial charge < -0.3 is 5.11 Å². The largest absolute Gasteiger partial charge is 0.417 e. The Labute approximate surface area is 109 Å². The summed E-state index contributed by atoms with van der Waals surface area (Å²) in [7, 11) is 0. The Balaban J connectivity index is 1.68. The highest BCUT2D eigenvalue weighted by molar-refractivity contribution is 5.17. The van der Waals surface area contributed by atoms with E-state index in [1.807, 2.05) is 35.2 Å². The van der Waals surface area contributed by atoms with Crippen molar-refractivity contribution >= 4 is 0 Å². The van der Waals surface area contributed by atoms with Gasteiger partial charge in [-0.1, -0.05) is 30.3 Å². The lowest BCUT2D eigenvalue weighted by Gasteiger charge is -2.59. The Kier molecular flexibility index (Phi) is 2.87. The van der Waals surface area contributed by atoms with Crippen molar-refractivity contribution in [2.24, 2.45) is 11.8 Å². The lowest BCUT2D eigenvalue weighted by atomic mass is 9.57. The van der Waals surface area contributed by atoms with Gasteiger partial charge in [0, 0.05) is 31.5 Å². The first-order valence-corrected chi connectivity index (χ1v) is 6.46. The van der Waals surface area contributed by atoms with Gasteiger partial charge in [-0.05, 0) is 12.0 Å². The van der Waals surface area contributed by atoms with Gasteiger partial charge in [-0.25, -0.2) is 0 Å². The van der Waals surface area contributed by atoms with Crippen LogP contribution in [0.2, 0.25) is 0 Å².